The van der Waals surface area contributed by atoms with Crippen LogP contribution in [0.15, 0.2) is 70.6 Å². The van der Waals surface area contributed by atoms with Crippen LogP contribution in [-0.4, -0.2) is 114 Å². The first-order valence-corrected chi connectivity index (χ1v) is 22.5. The molecule has 1 amide bonds. The number of carbonyl (C=O) groups excluding carboxylic acids is 1. The van der Waals surface area contributed by atoms with Crippen molar-refractivity contribution >= 4 is 40.1 Å². The van der Waals surface area contributed by atoms with Crippen LogP contribution in [0.5, 0.6) is 0 Å². The first-order chi connectivity index (χ1) is 32.2. The molecule has 0 radical (unpaired) electrons. The van der Waals surface area contributed by atoms with Crippen molar-refractivity contribution in [3.8, 4) is 45.0 Å². The van der Waals surface area contributed by atoms with Crippen molar-refractivity contribution in [3.63, 3.8) is 0 Å². The van der Waals surface area contributed by atoms with E-state index in [4.69, 9.17) is 33.7 Å². The lowest BCUT2D eigenvalue weighted by molar-refractivity contribution is 0.00175. The van der Waals surface area contributed by atoms with Crippen molar-refractivity contribution in [2.24, 2.45) is 0 Å². The summed E-state index contributed by atoms with van der Waals surface area (Å²) in [5.74, 6) is 1.01. The average molecular weight is 910 g/mol. The fourth-order valence-electron chi connectivity index (χ4n) is 8.66. The molecule has 10 rings (SSSR count). The van der Waals surface area contributed by atoms with Crippen LogP contribution in [0.1, 0.15) is 75.4 Å². The maximum atomic E-state index is 12.6. The van der Waals surface area contributed by atoms with Gasteiger partial charge in [0.05, 0.1) is 64.0 Å². The van der Waals surface area contributed by atoms with Crippen LogP contribution in [-0.2, 0) is 4.74 Å². The monoisotopic (exact) mass is 909 g/mol. The van der Waals surface area contributed by atoms with Gasteiger partial charge in [-0.2, -0.15) is 0 Å². The second-order valence-electron chi connectivity index (χ2n) is 18.4. The van der Waals surface area contributed by atoms with Gasteiger partial charge in [0.1, 0.15) is 29.4 Å². The van der Waals surface area contributed by atoms with Gasteiger partial charge >= 0.3 is 6.09 Å². The largest absolute Gasteiger partial charge is 0.444 e. The third-order valence-electron chi connectivity index (χ3n) is 12.0. The van der Waals surface area contributed by atoms with Crippen molar-refractivity contribution in [2.45, 2.75) is 110 Å². The molecule has 0 aromatic carbocycles. The quantitative estimate of drug-likeness (QED) is 0.0842. The topological polar surface area (TPSA) is 255 Å². The Hall–Kier alpha value is -7.25. The molecule has 8 aromatic rings. The number of likely N-dealkylation sites (tertiary alicyclic amines) is 1. The number of rotatable bonds is 8. The Morgan fingerprint density at radius 3 is 1.72 bits per heavy atom. The lowest BCUT2D eigenvalue weighted by Gasteiger charge is -2.36. The number of piperidine rings is 1. The minimum absolute atomic E-state index is 0.198. The summed E-state index contributed by atoms with van der Waals surface area (Å²) in [6.45, 7) is 13.8. The van der Waals surface area contributed by atoms with Gasteiger partial charge in [-0.05, 0) is 116 Å². The predicted octanol–water partition coefficient (Wildman–Crippen LogP) is 8.08. The summed E-state index contributed by atoms with van der Waals surface area (Å²) in [7, 11) is 0. The van der Waals surface area contributed by atoms with E-state index in [1.54, 1.807) is 18.7 Å². The number of aryl methyl sites for hydroxylation is 4. The van der Waals surface area contributed by atoms with Crippen LogP contribution in [0.2, 0.25) is 0 Å². The van der Waals surface area contributed by atoms with Gasteiger partial charge in [0.2, 0.25) is 11.9 Å². The van der Waals surface area contributed by atoms with Gasteiger partial charge in [-0.3, -0.25) is 0 Å². The van der Waals surface area contributed by atoms with Crippen LogP contribution < -0.4 is 10.6 Å². The minimum Gasteiger partial charge on any atom is -0.444 e. The fraction of sp³-hybridized carbons (Fsp3) is 0.396. The molecule has 1 saturated carbocycles. The summed E-state index contributed by atoms with van der Waals surface area (Å²) in [5.41, 5.74) is 11.2. The second-order valence-corrected chi connectivity index (χ2v) is 18.4. The van der Waals surface area contributed by atoms with Crippen molar-refractivity contribution in [2.75, 3.05) is 23.7 Å². The molecule has 2 aliphatic rings. The van der Waals surface area contributed by atoms with Gasteiger partial charge < -0.3 is 49.5 Å². The number of aromatic nitrogens is 10. The highest BCUT2D eigenvalue weighted by atomic mass is 16.6. The zero-order chi connectivity index (χ0) is 47.0. The summed E-state index contributed by atoms with van der Waals surface area (Å²) in [4.78, 5) is 48.6. The average Bonchev–Trinajstić information content (AvgIpc) is 4.11. The molecule has 4 atom stereocenters. The number of amides is 1. The Balaban J connectivity index is 0.000000171. The standard InChI is InChI=1S/C26H31N7O4.C22H24N6O2/c1-14-9-28-24(29-16-8-17(34)12-33(11-16)25(35)37-26(3,4)5)31-22(14)19-10-27-23-18(19)6-7-21(30-23)20-13-36-32-15(20)2;1-12-9-24-22(25-14-4-3-5-15(29)8-14)27-20(12)17-10-23-21-16(17)6-7-19(26-21)18-11-30-28-13(18)2/h6-7,9-10,13,16-17,34H,8,11-12H2,1-5H3,(H,27,30)(H,28,29,31);6-7,9-11,14-15,29H,3-5,8H2,1-2H3,(H,23,26)(H,24,25,27)/t16-,17+;14-,15+/m01/s1. The summed E-state index contributed by atoms with van der Waals surface area (Å²) >= 11 is 0. The van der Waals surface area contributed by atoms with E-state index < -0.39 is 17.8 Å². The zero-order valence-corrected chi connectivity index (χ0v) is 38.6. The van der Waals surface area contributed by atoms with Crippen LogP contribution in [0.25, 0.3) is 67.1 Å². The molecule has 0 spiro atoms. The second kappa shape index (κ2) is 18.6. The highest BCUT2D eigenvalue weighted by Crippen LogP contribution is 2.34. The van der Waals surface area contributed by atoms with E-state index in [2.05, 4.69) is 40.9 Å². The van der Waals surface area contributed by atoms with E-state index in [1.807, 2.05) is 91.3 Å². The van der Waals surface area contributed by atoms with Crippen LogP contribution in [0, 0.1) is 27.7 Å². The van der Waals surface area contributed by atoms with E-state index in [-0.39, 0.29) is 24.7 Å². The Morgan fingerprint density at radius 1 is 0.701 bits per heavy atom. The molecule has 1 saturated heterocycles. The number of β-amino-alcohol motifs (C(OH)–C–C–N with tert-alkyl or cyclic N) is 1. The van der Waals surface area contributed by atoms with Crippen molar-refractivity contribution in [3.05, 3.63) is 84.1 Å². The Labute approximate surface area is 386 Å². The Kier molecular flexibility index (Phi) is 12.4. The number of anilines is 2. The van der Waals surface area contributed by atoms with Crippen molar-refractivity contribution in [1.29, 1.82) is 0 Å². The summed E-state index contributed by atoms with van der Waals surface area (Å²) in [5, 5.41) is 36.8. The lowest BCUT2D eigenvalue weighted by atomic mass is 9.93. The number of fused-ring (bicyclic) bond motifs is 2. The SMILES string of the molecule is Cc1cnc(N[C@@H]2CCC[C@H](O)C2)nc1-c1c[nH]c2nc(-c3conc3C)ccc12.Cc1cnc(N[C@H]2C[C@@H](O)CN(C(=O)OC(C)(C)C)C2)nc1-c1c[nH]c2nc(-c3conc3C)ccc12. The van der Waals surface area contributed by atoms with Gasteiger partial charge in [-0.25, -0.2) is 34.7 Å². The van der Waals surface area contributed by atoms with Crippen LogP contribution in [0.3, 0.4) is 0 Å². The predicted molar refractivity (Wildman–Crippen MR) is 252 cm³/mol. The first kappa shape index (κ1) is 44.9. The molecule has 2 fully saturated rings. The minimum atomic E-state index is -0.674. The molecule has 8 aromatic heterocycles. The number of pyridine rings is 2. The maximum Gasteiger partial charge on any atom is 0.410 e. The van der Waals surface area contributed by atoms with E-state index in [1.165, 1.54) is 4.90 Å². The van der Waals surface area contributed by atoms with Crippen LogP contribution in [0.4, 0.5) is 16.7 Å². The smallest absolute Gasteiger partial charge is 0.410 e. The van der Waals surface area contributed by atoms with Gasteiger partial charge in [0.25, 0.3) is 0 Å². The van der Waals surface area contributed by atoms with E-state index in [0.29, 0.717) is 24.9 Å². The number of nitrogens with zero attached hydrogens (tertiary/aromatic N) is 9. The molecule has 6 N–H and O–H groups in total. The first-order valence-electron chi connectivity index (χ1n) is 22.5. The molecular formula is C48H55N13O6. The zero-order valence-electron chi connectivity index (χ0n) is 38.6. The number of aliphatic hydroxyl groups excluding tert-OH is 2. The number of hydrogen-bond acceptors (Lipinski definition) is 16. The fourth-order valence-corrected chi connectivity index (χ4v) is 8.66. The number of nitrogens with one attached hydrogen (secondary N) is 4. The van der Waals surface area contributed by atoms with Crippen LogP contribution >= 0.6 is 0 Å². The van der Waals surface area contributed by atoms with E-state index in [0.717, 1.165) is 115 Å². The number of H-pyrrole nitrogens is 2. The summed E-state index contributed by atoms with van der Waals surface area (Å²) < 4.78 is 15.6. The Morgan fingerprint density at radius 2 is 1.22 bits per heavy atom. The number of carbonyl (C=O) groups is 1. The molecule has 19 nitrogen and oxygen atoms in total. The van der Waals surface area contributed by atoms with Gasteiger partial charge in [-0.15, -0.1) is 0 Å². The third-order valence-corrected chi connectivity index (χ3v) is 12.0. The molecule has 67 heavy (non-hydrogen) atoms. The molecule has 348 valence electrons. The Bertz CT molecular complexity index is 3040. The highest BCUT2D eigenvalue weighted by Gasteiger charge is 2.32. The molecular weight excluding hydrogens is 855 g/mol. The molecule has 0 unspecified atom stereocenters. The van der Waals surface area contributed by atoms with Gasteiger partial charge in [-0.1, -0.05) is 10.3 Å². The van der Waals surface area contributed by atoms with Crippen molar-refractivity contribution in [1.82, 2.24) is 55.1 Å². The van der Waals surface area contributed by atoms with E-state index in [9.17, 15) is 15.0 Å². The number of aromatic amines is 2. The summed E-state index contributed by atoms with van der Waals surface area (Å²) in [6, 6.07) is 7.92. The molecule has 0 bridgehead atoms. The maximum absolute atomic E-state index is 12.6. The number of ether oxygens (including phenoxy) is 1. The normalized spacial score (nSPS) is 18.7. The number of hydrogen-bond donors (Lipinski definition) is 6. The number of aliphatic hydroxyl groups is 2. The summed E-state index contributed by atoms with van der Waals surface area (Å²) in [6.07, 6.45) is 13.4. The highest BCUT2D eigenvalue weighted by molar-refractivity contribution is 5.95. The molecule has 9 heterocycles. The molecule has 1 aliphatic heterocycles. The van der Waals surface area contributed by atoms with Crippen molar-refractivity contribution < 1.29 is 28.8 Å². The van der Waals surface area contributed by atoms with Gasteiger partial charge in [0.15, 0.2) is 0 Å². The third kappa shape index (κ3) is 9.97. The van der Waals surface area contributed by atoms with E-state index >= 15 is 0 Å². The lowest BCUT2D eigenvalue weighted by Crippen LogP contribution is -2.52. The molecule has 19 heteroatoms. The molecule has 1 aliphatic carbocycles. The van der Waals surface area contributed by atoms with Gasteiger partial charge in [0, 0.05) is 65.3 Å².